The normalized spacial score (nSPS) is 12.9. The van der Waals surface area contributed by atoms with E-state index in [-0.39, 0.29) is 0 Å². The molecule has 1 aromatic heterocycles. The Morgan fingerprint density at radius 1 is 1.62 bits per heavy atom. The van der Waals surface area contributed by atoms with Gasteiger partial charge in [0.05, 0.1) is 5.69 Å². The summed E-state index contributed by atoms with van der Waals surface area (Å²) in [5, 5.41) is 3.33. The van der Waals surface area contributed by atoms with Crippen molar-refractivity contribution in [3.05, 3.63) is 28.0 Å². The van der Waals surface area contributed by atoms with Crippen molar-refractivity contribution >= 4 is 15.9 Å². The maximum absolute atomic E-state index is 4.35. The first kappa shape index (κ1) is 10.7. The van der Waals surface area contributed by atoms with Gasteiger partial charge in [0.1, 0.15) is 0 Å². The second kappa shape index (κ2) is 4.72. The van der Waals surface area contributed by atoms with Gasteiger partial charge in [-0.1, -0.05) is 6.92 Å². The smallest absolute Gasteiger partial charge is 0.0573 e. The topological polar surface area (TPSA) is 24.9 Å². The Bertz CT molecular complexity index is 286. The SMILES string of the molecule is CCNC(C)c1cc(C)c(Br)cn1. The summed E-state index contributed by atoms with van der Waals surface area (Å²) >= 11 is 3.43. The van der Waals surface area contributed by atoms with Crippen LogP contribution in [0.4, 0.5) is 0 Å². The maximum atomic E-state index is 4.35. The molecule has 13 heavy (non-hydrogen) atoms. The molecular weight excluding hydrogens is 228 g/mol. The Morgan fingerprint density at radius 3 is 2.85 bits per heavy atom. The Labute approximate surface area is 87.9 Å². The largest absolute Gasteiger partial charge is 0.309 e. The number of rotatable bonds is 3. The Kier molecular flexibility index (Phi) is 3.88. The summed E-state index contributed by atoms with van der Waals surface area (Å²) in [6, 6.07) is 2.44. The van der Waals surface area contributed by atoms with E-state index in [1.165, 1.54) is 5.56 Å². The molecule has 0 aliphatic heterocycles. The minimum atomic E-state index is 0.330. The van der Waals surface area contributed by atoms with E-state index in [0.29, 0.717) is 6.04 Å². The fourth-order valence-corrected chi connectivity index (χ4v) is 1.43. The summed E-state index contributed by atoms with van der Waals surface area (Å²) in [4.78, 5) is 4.35. The summed E-state index contributed by atoms with van der Waals surface area (Å²) in [7, 11) is 0. The molecule has 0 spiro atoms. The second-order valence-electron chi connectivity index (χ2n) is 3.14. The van der Waals surface area contributed by atoms with Gasteiger partial charge in [-0.25, -0.2) is 0 Å². The van der Waals surface area contributed by atoms with E-state index < -0.39 is 0 Å². The van der Waals surface area contributed by atoms with Gasteiger partial charge in [0.25, 0.3) is 0 Å². The van der Waals surface area contributed by atoms with Crippen molar-refractivity contribution < 1.29 is 0 Å². The predicted molar refractivity (Wildman–Crippen MR) is 58.8 cm³/mol. The summed E-state index contributed by atoms with van der Waals surface area (Å²) in [6.45, 7) is 7.27. The molecule has 2 nitrogen and oxygen atoms in total. The van der Waals surface area contributed by atoms with Crippen LogP contribution in [0, 0.1) is 6.92 Å². The zero-order chi connectivity index (χ0) is 9.84. The van der Waals surface area contributed by atoms with E-state index >= 15 is 0 Å². The molecule has 1 rings (SSSR count). The lowest BCUT2D eigenvalue weighted by atomic mass is 10.1. The van der Waals surface area contributed by atoms with Gasteiger partial charge in [0, 0.05) is 16.7 Å². The number of aryl methyl sites for hydroxylation is 1. The molecule has 1 aromatic rings. The van der Waals surface area contributed by atoms with E-state index in [1.54, 1.807) is 0 Å². The summed E-state index contributed by atoms with van der Waals surface area (Å²) in [5.74, 6) is 0. The molecule has 0 radical (unpaired) electrons. The third-order valence-corrected chi connectivity index (χ3v) is 2.85. The molecular formula is C10H15BrN2. The monoisotopic (exact) mass is 242 g/mol. The number of hydrogen-bond acceptors (Lipinski definition) is 2. The highest BCUT2D eigenvalue weighted by molar-refractivity contribution is 9.10. The van der Waals surface area contributed by atoms with E-state index in [2.05, 4.69) is 53.1 Å². The Balaban J connectivity index is 2.84. The van der Waals surface area contributed by atoms with Crippen molar-refractivity contribution in [1.29, 1.82) is 0 Å². The van der Waals surface area contributed by atoms with E-state index in [9.17, 15) is 0 Å². The predicted octanol–water partition coefficient (Wildman–Crippen LogP) is 2.82. The molecule has 0 amide bonds. The molecule has 0 saturated carbocycles. The number of halogens is 1. The number of nitrogens with one attached hydrogen (secondary N) is 1. The molecule has 0 saturated heterocycles. The summed E-state index contributed by atoms with van der Waals surface area (Å²) < 4.78 is 1.07. The van der Waals surface area contributed by atoms with Crippen LogP contribution in [0.15, 0.2) is 16.7 Å². The molecule has 0 aliphatic rings. The number of aromatic nitrogens is 1. The lowest BCUT2D eigenvalue weighted by Gasteiger charge is -2.12. The fourth-order valence-electron chi connectivity index (χ4n) is 1.21. The van der Waals surface area contributed by atoms with Crippen LogP contribution in [-0.2, 0) is 0 Å². The van der Waals surface area contributed by atoms with Gasteiger partial charge in [-0.2, -0.15) is 0 Å². The quantitative estimate of drug-likeness (QED) is 0.882. The highest BCUT2D eigenvalue weighted by atomic mass is 79.9. The van der Waals surface area contributed by atoms with Gasteiger partial charge in [-0.3, -0.25) is 4.98 Å². The van der Waals surface area contributed by atoms with Crippen molar-refractivity contribution in [2.24, 2.45) is 0 Å². The zero-order valence-corrected chi connectivity index (χ0v) is 9.85. The average Bonchev–Trinajstić information content (AvgIpc) is 2.10. The van der Waals surface area contributed by atoms with Crippen LogP contribution in [0.3, 0.4) is 0 Å². The van der Waals surface area contributed by atoms with Crippen molar-refractivity contribution in [1.82, 2.24) is 10.3 Å². The molecule has 3 heteroatoms. The van der Waals surface area contributed by atoms with E-state index in [0.717, 1.165) is 16.7 Å². The van der Waals surface area contributed by atoms with Gasteiger partial charge in [0.15, 0.2) is 0 Å². The molecule has 1 heterocycles. The van der Waals surface area contributed by atoms with Crippen LogP contribution in [-0.4, -0.2) is 11.5 Å². The maximum Gasteiger partial charge on any atom is 0.0573 e. The van der Waals surface area contributed by atoms with Crippen molar-refractivity contribution in [2.75, 3.05) is 6.54 Å². The first-order valence-electron chi connectivity index (χ1n) is 4.50. The van der Waals surface area contributed by atoms with Gasteiger partial charge < -0.3 is 5.32 Å². The van der Waals surface area contributed by atoms with Gasteiger partial charge >= 0.3 is 0 Å². The third-order valence-electron chi connectivity index (χ3n) is 2.02. The third kappa shape index (κ3) is 2.78. The molecule has 1 atom stereocenters. The van der Waals surface area contributed by atoms with Crippen LogP contribution in [0.5, 0.6) is 0 Å². The van der Waals surface area contributed by atoms with Gasteiger partial charge in [0.2, 0.25) is 0 Å². The highest BCUT2D eigenvalue weighted by Gasteiger charge is 2.05. The first-order valence-corrected chi connectivity index (χ1v) is 5.30. The second-order valence-corrected chi connectivity index (χ2v) is 3.99. The zero-order valence-electron chi connectivity index (χ0n) is 8.26. The standard InChI is InChI=1S/C10H15BrN2/c1-4-12-8(3)10-5-7(2)9(11)6-13-10/h5-6,8,12H,4H2,1-3H3. The average molecular weight is 243 g/mol. The summed E-state index contributed by atoms with van der Waals surface area (Å²) in [5.41, 5.74) is 2.33. The molecule has 0 fully saturated rings. The molecule has 1 unspecified atom stereocenters. The van der Waals surface area contributed by atoms with Gasteiger partial charge in [-0.15, -0.1) is 0 Å². The van der Waals surface area contributed by atoms with Crippen LogP contribution in [0.1, 0.15) is 31.1 Å². The van der Waals surface area contributed by atoms with Crippen molar-refractivity contribution in [3.8, 4) is 0 Å². The first-order chi connectivity index (χ1) is 6.15. The molecule has 0 aromatic carbocycles. The minimum absolute atomic E-state index is 0.330. The molecule has 0 aliphatic carbocycles. The van der Waals surface area contributed by atoms with Crippen molar-refractivity contribution in [2.45, 2.75) is 26.8 Å². The Morgan fingerprint density at radius 2 is 2.31 bits per heavy atom. The molecule has 72 valence electrons. The Hall–Kier alpha value is -0.410. The number of nitrogens with zero attached hydrogens (tertiary/aromatic N) is 1. The number of pyridine rings is 1. The highest BCUT2D eigenvalue weighted by Crippen LogP contribution is 2.18. The fraction of sp³-hybridized carbons (Fsp3) is 0.500. The van der Waals surface area contributed by atoms with Crippen LogP contribution in [0.2, 0.25) is 0 Å². The van der Waals surface area contributed by atoms with Gasteiger partial charge in [-0.05, 0) is 48.0 Å². The minimum Gasteiger partial charge on any atom is -0.309 e. The lowest BCUT2D eigenvalue weighted by Crippen LogP contribution is -2.18. The van der Waals surface area contributed by atoms with Crippen molar-refractivity contribution in [3.63, 3.8) is 0 Å². The number of hydrogen-bond donors (Lipinski definition) is 1. The lowest BCUT2D eigenvalue weighted by molar-refractivity contribution is 0.583. The van der Waals surface area contributed by atoms with Crippen LogP contribution in [0.25, 0.3) is 0 Å². The molecule has 0 bridgehead atoms. The summed E-state index contributed by atoms with van der Waals surface area (Å²) in [6.07, 6.45) is 1.86. The van der Waals surface area contributed by atoms with Crippen LogP contribution >= 0.6 is 15.9 Å². The van der Waals surface area contributed by atoms with E-state index in [4.69, 9.17) is 0 Å². The van der Waals surface area contributed by atoms with E-state index in [1.807, 2.05) is 6.20 Å². The van der Waals surface area contributed by atoms with Crippen LogP contribution < -0.4 is 5.32 Å². The molecule has 1 N–H and O–H groups in total.